The zero-order chi connectivity index (χ0) is 7.40. The maximum Gasteiger partial charge on any atom is 0.0207 e. The van der Waals surface area contributed by atoms with Crippen molar-refractivity contribution >= 4 is 0 Å². The maximum atomic E-state index is 5.36. The molecule has 0 aliphatic carbocycles. The summed E-state index contributed by atoms with van der Waals surface area (Å²) in [5, 5.41) is 0. The Balaban J connectivity index is 2.24. The van der Waals surface area contributed by atoms with E-state index < -0.39 is 0 Å². The smallest absolute Gasteiger partial charge is 0.0207 e. The summed E-state index contributed by atoms with van der Waals surface area (Å²) in [4.78, 5) is 2.44. The van der Waals surface area contributed by atoms with Gasteiger partial charge in [0.15, 0.2) is 0 Å². The van der Waals surface area contributed by atoms with Crippen LogP contribution < -0.4 is 5.73 Å². The third-order valence-corrected chi connectivity index (χ3v) is 1.96. The van der Waals surface area contributed by atoms with E-state index in [4.69, 9.17) is 5.73 Å². The lowest BCUT2D eigenvalue weighted by atomic mass is 10.3. The molecule has 1 fully saturated rings. The number of hydrogen-bond donors (Lipinski definition) is 1. The van der Waals surface area contributed by atoms with Gasteiger partial charge in [-0.3, -0.25) is 4.90 Å². The molecule has 1 aliphatic heterocycles. The summed E-state index contributed by atoms with van der Waals surface area (Å²) >= 11 is 0. The first-order valence-electron chi connectivity index (χ1n) is 3.92. The van der Waals surface area contributed by atoms with Crippen molar-refractivity contribution in [3.05, 3.63) is 11.8 Å². The van der Waals surface area contributed by atoms with Crippen LogP contribution in [0.1, 0.15) is 19.8 Å². The summed E-state index contributed by atoms with van der Waals surface area (Å²) in [6, 6.07) is 0. The average molecular weight is 140 g/mol. The molecule has 0 spiro atoms. The first-order valence-corrected chi connectivity index (χ1v) is 3.92. The second-order valence-electron chi connectivity index (χ2n) is 3.00. The molecule has 1 heterocycles. The molecule has 2 heteroatoms. The Bertz CT molecular complexity index is 123. The Morgan fingerprint density at radius 1 is 1.50 bits per heavy atom. The molecule has 0 unspecified atom stereocenters. The highest BCUT2D eigenvalue weighted by Crippen LogP contribution is 2.08. The predicted octanol–water partition coefficient (Wildman–Crippen LogP) is 0.945. The van der Waals surface area contributed by atoms with Crippen molar-refractivity contribution in [3.8, 4) is 0 Å². The number of nitrogens with two attached hydrogens (primary N) is 1. The molecule has 0 aromatic rings. The van der Waals surface area contributed by atoms with Gasteiger partial charge in [0.1, 0.15) is 0 Å². The van der Waals surface area contributed by atoms with E-state index in [1.54, 1.807) is 6.20 Å². The lowest BCUT2D eigenvalue weighted by molar-refractivity contribution is 0.368. The Kier molecular flexibility index (Phi) is 2.75. The quantitative estimate of drug-likeness (QED) is 0.618. The van der Waals surface area contributed by atoms with Gasteiger partial charge in [-0.05, 0) is 44.6 Å². The van der Waals surface area contributed by atoms with Crippen LogP contribution in [-0.4, -0.2) is 24.5 Å². The number of hydrogen-bond acceptors (Lipinski definition) is 2. The fraction of sp³-hybridized carbons (Fsp3) is 0.750. The van der Waals surface area contributed by atoms with E-state index in [0.29, 0.717) is 0 Å². The van der Waals surface area contributed by atoms with Crippen molar-refractivity contribution in [2.45, 2.75) is 19.8 Å². The minimum Gasteiger partial charge on any atom is -0.405 e. The van der Waals surface area contributed by atoms with Crippen LogP contribution in [0.5, 0.6) is 0 Å². The van der Waals surface area contributed by atoms with Gasteiger partial charge in [-0.2, -0.15) is 0 Å². The first-order chi connectivity index (χ1) is 4.83. The minimum absolute atomic E-state index is 1.07. The Morgan fingerprint density at radius 3 is 2.60 bits per heavy atom. The van der Waals surface area contributed by atoms with Crippen LogP contribution in [0, 0.1) is 0 Å². The van der Waals surface area contributed by atoms with Gasteiger partial charge in [-0.25, -0.2) is 0 Å². The van der Waals surface area contributed by atoms with Crippen molar-refractivity contribution in [2.24, 2.45) is 5.73 Å². The van der Waals surface area contributed by atoms with Crippen LogP contribution in [0.15, 0.2) is 11.8 Å². The van der Waals surface area contributed by atoms with Crippen molar-refractivity contribution < 1.29 is 0 Å². The fourth-order valence-electron chi connectivity index (χ4n) is 1.35. The summed E-state index contributed by atoms with van der Waals surface area (Å²) in [6.07, 6.45) is 4.42. The van der Waals surface area contributed by atoms with Gasteiger partial charge in [-0.1, -0.05) is 0 Å². The fourth-order valence-corrected chi connectivity index (χ4v) is 1.35. The molecule has 58 valence electrons. The molecular formula is C8H16N2. The summed E-state index contributed by atoms with van der Waals surface area (Å²) in [7, 11) is 0. The third kappa shape index (κ3) is 2.03. The normalized spacial score (nSPS) is 21.9. The summed E-state index contributed by atoms with van der Waals surface area (Å²) in [6.45, 7) is 5.66. The van der Waals surface area contributed by atoms with Crippen LogP contribution in [0.25, 0.3) is 0 Å². The summed E-state index contributed by atoms with van der Waals surface area (Å²) in [5.74, 6) is 0. The highest BCUT2D eigenvalue weighted by molar-refractivity contribution is 4.98. The monoisotopic (exact) mass is 140 g/mol. The zero-order valence-electron chi connectivity index (χ0n) is 6.64. The largest absolute Gasteiger partial charge is 0.405 e. The lowest BCUT2D eigenvalue weighted by Gasteiger charge is -2.13. The first kappa shape index (κ1) is 7.61. The molecule has 0 saturated carbocycles. The van der Waals surface area contributed by atoms with Crippen LogP contribution >= 0.6 is 0 Å². The molecule has 1 saturated heterocycles. The van der Waals surface area contributed by atoms with Gasteiger partial charge in [0.25, 0.3) is 0 Å². The Morgan fingerprint density at radius 2 is 2.10 bits per heavy atom. The second kappa shape index (κ2) is 3.62. The molecule has 0 aromatic carbocycles. The standard InChI is InChI=1S/C8H16N2/c1-8(6-9)7-10-4-2-3-5-10/h6H,2-5,7,9H2,1H3/b8-6+. The van der Waals surface area contributed by atoms with Gasteiger partial charge in [0, 0.05) is 6.54 Å². The number of likely N-dealkylation sites (tertiary alicyclic amines) is 1. The molecular weight excluding hydrogens is 124 g/mol. The van der Waals surface area contributed by atoms with Gasteiger partial charge < -0.3 is 5.73 Å². The third-order valence-electron chi connectivity index (χ3n) is 1.96. The number of nitrogens with zero attached hydrogens (tertiary/aromatic N) is 1. The average Bonchev–Trinajstić information content (AvgIpc) is 2.40. The van der Waals surface area contributed by atoms with E-state index in [-0.39, 0.29) is 0 Å². The van der Waals surface area contributed by atoms with Crippen molar-refractivity contribution in [1.29, 1.82) is 0 Å². The van der Waals surface area contributed by atoms with E-state index in [0.717, 1.165) is 6.54 Å². The van der Waals surface area contributed by atoms with Gasteiger partial charge in [-0.15, -0.1) is 0 Å². The Hall–Kier alpha value is -0.500. The van der Waals surface area contributed by atoms with Crippen LogP contribution in [0.4, 0.5) is 0 Å². The van der Waals surface area contributed by atoms with Crippen LogP contribution in [-0.2, 0) is 0 Å². The Labute approximate surface area is 62.7 Å². The SMILES string of the molecule is C/C(=C\N)CN1CCCC1. The minimum atomic E-state index is 1.07. The second-order valence-corrected chi connectivity index (χ2v) is 3.00. The molecule has 0 atom stereocenters. The highest BCUT2D eigenvalue weighted by Gasteiger charge is 2.10. The summed E-state index contributed by atoms with van der Waals surface area (Å²) < 4.78 is 0. The predicted molar refractivity (Wildman–Crippen MR) is 43.6 cm³/mol. The van der Waals surface area contributed by atoms with Gasteiger partial charge >= 0.3 is 0 Å². The van der Waals surface area contributed by atoms with Crippen molar-refractivity contribution in [3.63, 3.8) is 0 Å². The van der Waals surface area contributed by atoms with Crippen molar-refractivity contribution in [1.82, 2.24) is 4.90 Å². The van der Waals surface area contributed by atoms with E-state index in [1.807, 2.05) is 0 Å². The zero-order valence-corrected chi connectivity index (χ0v) is 6.64. The molecule has 1 aliphatic rings. The molecule has 10 heavy (non-hydrogen) atoms. The van der Waals surface area contributed by atoms with E-state index in [1.165, 1.54) is 31.5 Å². The molecule has 0 bridgehead atoms. The molecule has 1 rings (SSSR count). The van der Waals surface area contributed by atoms with Crippen LogP contribution in [0.3, 0.4) is 0 Å². The van der Waals surface area contributed by atoms with E-state index >= 15 is 0 Å². The van der Waals surface area contributed by atoms with Crippen molar-refractivity contribution in [2.75, 3.05) is 19.6 Å². The van der Waals surface area contributed by atoms with Gasteiger partial charge in [0.05, 0.1) is 0 Å². The summed E-state index contributed by atoms with van der Waals surface area (Å²) in [5.41, 5.74) is 6.64. The highest BCUT2D eigenvalue weighted by atomic mass is 15.1. The number of rotatable bonds is 2. The topological polar surface area (TPSA) is 29.3 Å². The molecule has 2 N–H and O–H groups in total. The molecule has 0 aromatic heterocycles. The lowest BCUT2D eigenvalue weighted by Crippen LogP contribution is -2.21. The van der Waals surface area contributed by atoms with Gasteiger partial charge in [0.2, 0.25) is 0 Å². The van der Waals surface area contributed by atoms with E-state index in [9.17, 15) is 0 Å². The molecule has 2 nitrogen and oxygen atoms in total. The maximum absolute atomic E-state index is 5.36. The van der Waals surface area contributed by atoms with E-state index in [2.05, 4.69) is 11.8 Å². The molecule has 0 radical (unpaired) electrons. The molecule has 0 amide bonds. The van der Waals surface area contributed by atoms with Crippen LogP contribution in [0.2, 0.25) is 0 Å².